The Labute approximate surface area is 313 Å². The van der Waals surface area contributed by atoms with Crippen LogP contribution in [0.2, 0.25) is 10.0 Å². The molecule has 1 heterocycles. The van der Waals surface area contributed by atoms with E-state index in [2.05, 4.69) is 4.99 Å². The van der Waals surface area contributed by atoms with Crippen molar-refractivity contribution in [3.63, 3.8) is 0 Å². The van der Waals surface area contributed by atoms with Gasteiger partial charge < -0.3 is 16.6 Å². The molecule has 0 unspecified atom stereocenters. The molecule has 304 valence electrons. The molecular weight excluding hydrogens is 845 g/mol. The van der Waals surface area contributed by atoms with Crippen LogP contribution >= 0.6 is 23.2 Å². The topological polar surface area (TPSA) is 102 Å². The summed E-state index contributed by atoms with van der Waals surface area (Å²) in [5, 5.41) is 7.91. The van der Waals surface area contributed by atoms with Gasteiger partial charge in [-0.15, -0.1) is 0 Å². The number of benzene rings is 4. The van der Waals surface area contributed by atoms with E-state index in [1.165, 1.54) is 30.3 Å². The monoisotopic (exact) mass is 863 g/mol. The highest BCUT2D eigenvalue weighted by molar-refractivity contribution is 6.34. The number of fused-ring (bicyclic) bond motifs is 1. The van der Waals surface area contributed by atoms with Gasteiger partial charge in [-0.25, -0.2) is 13.6 Å². The molecule has 0 bridgehead atoms. The lowest BCUT2D eigenvalue weighted by atomic mass is 9.98. The van der Waals surface area contributed by atoms with Crippen LogP contribution in [0.4, 0.5) is 87.3 Å². The number of rotatable bonds is 6. The highest BCUT2D eigenvalue weighted by Crippen LogP contribution is 2.50. The molecule has 5 rings (SSSR count). The van der Waals surface area contributed by atoms with Gasteiger partial charge in [0.05, 0.1) is 32.8 Å². The van der Waals surface area contributed by atoms with Gasteiger partial charge in [0.2, 0.25) is 0 Å². The highest BCUT2D eigenvalue weighted by atomic mass is 35.5. The predicted molar refractivity (Wildman–Crippen MR) is 173 cm³/mol. The Morgan fingerprint density at radius 3 is 1.39 bits per heavy atom. The third-order valence-corrected chi connectivity index (χ3v) is 8.02. The second-order valence-corrected chi connectivity index (χ2v) is 12.1. The molecule has 0 amide bonds. The summed E-state index contributed by atoms with van der Waals surface area (Å²) in [6.07, 6.45) is -13.9. The minimum Gasteiger partial charge on any atom is -0.477 e. The van der Waals surface area contributed by atoms with Crippen molar-refractivity contribution < 1.29 is 80.1 Å². The van der Waals surface area contributed by atoms with Crippen molar-refractivity contribution in [1.29, 1.82) is 0 Å². The molecule has 5 nitrogen and oxygen atoms in total. The van der Waals surface area contributed by atoms with Crippen LogP contribution in [0.3, 0.4) is 0 Å². The summed E-state index contributed by atoms with van der Waals surface area (Å²) in [5.74, 6) is -28.9. The fraction of sp³-hybridized carbons (Fsp3) is 0.212. The normalized spacial score (nSPS) is 13.5. The minimum atomic E-state index is -6.60. The zero-order valence-electron chi connectivity index (χ0n) is 26.9. The number of aliphatic carboxylic acids is 1. The van der Waals surface area contributed by atoms with Crippen LogP contribution < -0.4 is 11.5 Å². The third-order valence-electron chi connectivity index (χ3n) is 7.40. The van der Waals surface area contributed by atoms with Crippen molar-refractivity contribution in [2.24, 2.45) is 4.99 Å². The number of nitrogen functional groups attached to an aromatic ring is 2. The Balaban J connectivity index is 0.000000247. The molecule has 4 aromatic carbocycles. The number of anilines is 2. The SMILES string of the molecule is Fc1ccc(-c2cc3c(cc2Cl)N=C(C(F)(F)C(F)(F)C(F)(F)F)C3)cc1.Nc1cc(Cl)c(-c2ccc(F)cc2)cc1N.O=C(O)C(F)(F)C(F)(F)C(F)(F)F. The molecule has 4 aromatic rings. The lowest BCUT2D eigenvalue weighted by Gasteiger charge is -2.28. The Morgan fingerprint density at radius 2 is 1.00 bits per heavy atom. The molecule has 0 fully saturated rings. The van der Waals surface area contributed by atoms with E-state index >= 15 is 0 Å². The van der Waals surface area contributed by atoms with E-state index in [9.17, 15) is 75.0 Å². The smallest absolute Gasteiger partial charge is 0.460 e. The fourth-order valence-corrected chi connectivity index (χ4v) is 4.93. The number of carboxylic acid groups (broad SMARTS) is 1. The first-order valence-electron chi connectivity index (χ1n) is 14.5. The maximum absolute atomic E-state index is 13.9. The van der Waals surface area contributed by atoms with Crippen molar-refractivity contribution >= 4 is 51.9 Å². The van der Waals surface area contributed by atoms with Gasteiger partial charge >= 0.3 is 42.0 Å². The van der Waals surface area contributed by atoms with E-state index < -0.39 is 60.0 Å². The summed E-state index contributed by atoms with van der Waals surface area (Å²) in [7, 11) is 0. The first kappa shape index (κ1) is 45.5. The Kier molecular flexibility index (Phi) is 12.9. The average Bonchev–Trinajstić information content (AvgIpc) is 3.50. The molecule has 0 aromatic heterocycles. The summed E-state index contributed by atoms with van der Waals surface area (Å²) >= 11 is 12.1. The molecule has 1 aliphatic rings. The van der Waals surface area contributed by atoms with E-state index in [4.69, 9.17) is 39.8 Å². The standard InChI is InChI=1S/C17H8ClF8N.C12H10ClFN2.C4HF7O2/c18-12-7-13-9(5-11(12)8-1-3-10(19)4-2-8)6-14(27-13)15(20,21)16(22,23)17(24,25)26;13-10-6-12(16)11(15)5-9(10)7-1-3-8(14)4-2-7;5-2(6,1(12)13)3(7,8)4(9,10)11/h1-5,7H,6H2;1-6H,15-16H2;(H,12,13). The summed E-state index contributed by atoms with van der Waals surface area (Å²) in [5.41, 5.74) is 12.6. The summed E-state index contributed by atoms with van der Waals surface area (Å²) < 4.78 is 198. The summed E-state index contributed by atoms with van der Waals surface area (Å²) in [6.45, 7) is 0. The van der Waals surface area contributed by atoms with Gasteiger partial charge in [0.1, 0.15) is 11.6 Å². The lowest BCUT2D eigenvalue weighted by molar-refractivity contribution is -0.347. The highest BCUT2D eigenvalue weighted by Gasteiger charge is 2.77. The minimum absolute atomic E-state index is 0.00347. The number of nitrogens with two attached hydrogens (primary N) is 2. The Bertz CT molecular complexity index is 2100. The number of carboxylic acids is 1. The predicted octanol–water partition coefficient (Wildman–Crippen LogP) is 11.8. The molecule has 56 heavy (non-hydrogen) atoms. The zero-order valence-corrected chi connectivity index (χ0v) is 28.4. The summed E-state index contributed by atoms with van der Waals surface area (Å²) in [4.78, 5) is 12.6. The lowest BCUT2D eigenvalue weighted by Crippen LogP contribution is -2.56. The molecule has 0 radical (unpaired) electrons. The average molecular weight is 864 g/mol. The first-order valence-corrected chi connectivity index (χ1v) is 15.3. The number of aliphatic imine (C=N–C) groups is 1. The van der Waals surface area contributed by atoms with Crippen molar-refractivity contribution in [3.8, 4) is 22.3 Å². The maximum Gasteiger partial charge on any atom is 0.460 e. The van der Waals surface area contributed by atoms with Gasteiger partial charge in [0.15, 0.2) is 0 Å². The number of nitrogens with zero attached hydrogens (tertiary/aromatic N) is 1. The Morgan fingerprint density at radius 1 is 0.607 bits per heavy atom. The molecular formula is C33H19Cl2F16N3O2. The molecule has 1 aliphatic heterocycles. The van der Waals surface area contributed by atoms with E-state index in [0.29, 0.717) is 22.0 Å². The molecule has 5 N–H and O–H groups in total. The van der Waals surface area contributed by atoms with Crippen LogP contribution in [0, 0.1) is 11.6 Å². The molecule has 0 atom stereocenters. The maximum atomic E-state index is 13.9. The van der Waals surface area contributed by atoms with E-state index in [1.54, 1.807) is 24.3 Å². The number of halogens is 18. The van der Waals surface area contributed by atoms with Gasteiger partial charge in [-0.05, 0) is 65.2 Å². The Hall–Kier alpha value is -4.92. The van der Waals surface area contributed by atoms with Gasteiger partial charge in [-0.2, -0.15) is 61.5 Å². The number of alkyl halides is 14. The molecule has 0 aliphatic carbocycles. The van der Waals surface area contributed by atoms with Crippen molar-refractivity contribution in [1.82, 2.24) is 0 Å². The van der Waals surface area contributed by atoms with E-state index in [-0.39, 0.29) is 27.7 Å². The molecule has 0 saturated carbocycles. The molecule has 0 spiro atoms. The van der Waals surface area contributed by atoms with Gasteiger partial charge in [0, 0.05) is 17.5 Å². The van der Waals surface area contributed by atoms with Gasteiger partial charge in [-0.1, -0.05) is 47.5 Å². The van der Waals surface area contributed by atoms with E-state index in [1.807, 2.05) is 0 Å². The van der Waals surface area contributed by atoms with Crippen LogP contribution in [0.1, 0.15) is 5.56 Å². The second kappa shape index (κ2) is 15.9. The second-order valence-electron chi connectivity index (χ2n) is 11.3. The molecule has 23 heteroatoms. The van der Waals surface area contributed by atoms with Crippen LogP contribution in [0.15, 0.2) is 77.8 Å². The first-order chi connectivity index (χ1) is 25.4. The van der Waals surface area contributed by atoms with Crippen molar-refractivity contribution in [2.75, 3.05) is 11.5 Å². The fourth-order valence-electron chi connectivity index (χ4n) is 4.38. The number of hydrogen-bond donors (Lipinski definition) is 3. The number of carbonyl (C=O) groups is 1. The van der Waals surface area contributed by atoms with Crippen LogP contribution in [0.5, 0.6) is 0 Å². The van der Waals surface area contributed by atoms with Crippen molar-refractivity contribution in [2.45, 2.75) is 42.5 Å². The third kappa shape index (κ3) is 9.20. The van der Waals surface area contributed by atoms with E-state index in [0.717, 1.165) is 29.3 Å². The zero-order chi connectivity index (χ0) is 43.0. The summed E-state index contributed by atoms with van der Waals surface area (Å²) in [6, 6.07) is 16.6. The van der Waals surface area contributed by atoms with Crippen LogP contribution in [0.25, 0.3) is 22.3 Å². The molecule has 0 saturated heterocycles. The largest absolute Gasteiger partial charge is 0.477 e. The number of hydrogen-bond acceptors (Lipinski definition) is 4. The van der Waals surface area contributed by atoms with Crippen LogP contribution in [-0.4, -0.2) is 52.8 Å². The van der Waals surface area contributed by atoms with Gasteiger partial charge in [-0.3, -0.25) is 4.99 Å². The van der Waals surface area contributed by atoms with Gasteiger partial charge in [0.25, 0.3) is 0 Å². The quantitative estimate of drug-likeness (QED) is 0.133. The van der Waals surface area contributed by atoms with Crippen molar-refractivity contribution in [3.05, 3.63) is 100 Å². The van der Waals surface area contributed by atoms with Crippen LogP contribution in [-0.2, 0) is 11.2 Å².